The van der Waals surface area contributed by atoms with Crippen LogP contribution in [0.2, 0.25) is 0 Å². The van der Waals surface area contributed by atoms with Gasteiger partial charge in [-0.1, -0.05) is 12.8 Å². The van der Waals surface area contributed by atoms with E-state index < -0.39 is 0 Å². The Balaban J connectivity index is 1.79. The van der Waals surface area contributed by atoms with Crippen LogP contribution in [0.5, 0.6) is 0 Å². The summed E-state index contributed by atoms with van der Waals surface area (Å²) in [5.74, 6) is 0.789. The van der Waals surface area contributed by atoms with Crippen molar-refractivity contribution in [3.8, 4) is 0 Å². The molecule has 2 saturated carbocycles. The van der Waals surface area contributed by atoms with Gasteiger partial charge in [0, 0.05) is 23.3 Å². The van der Waals surface area contributed by atoms with Gasteiger partial charge in [-0.2, -0.15) is 0 Å². The molecule has 1 heterocycles. The summed E-state index contributed by atoms with van der Waals surface area (Å²) in [6, 6.07) is 0. The molecule has 2 aliphatic rings. The minimum absolute atomic E-state index is 0.390. The molecule has 0 atom stereocenters. The van der Waals surface area contributed by atoms with Gasteiger partial charge in [-0.25, -0.2) is 4.98 Å². The van der Waals surface area contributed by atoms with Crippen LogP contribution in [0.25, 0.3) is 0 Å². The van der Waals surface area contributed by atoms with Gasteiger partial charge in [-0.05, 0) is 32.7 Å². The largest absolute Gasteiger partial charge is 0.319 e. The standard InChI is InChI=1S/C13H20N2S/c1-14-9-13(6-3-7-13)12-15-11(8-16-12)10-4-2-5-10/h8,10,14H,2-7,9H2,1H3. The molecule has 16 heavy (non-hydrogen) atoms. The van der Waals surface area contributed by atoms with Crippen molar-refractivity contribution in [2.45, 2.75) is 49.9 Å². The smallest absolute Gasteiger partial charge is 0.100 e. The maximum absolute atomic E-state index is 4.92. The van der Waals surface area contributed by atoms with Crippen LogP contribution < -0.4 is 5.32 Å². The summed E-state index contributed by atoms with van der Waals surface area (Å²) in [6.45, 7) is 1.10. The second-order valence-electron chi connectivity index (χ2n) is 5.37. The topological polar surface area (TPSA) is 24.9 Å². The molecule has 2 aliphatic carbocycles. The zero-order chi connectivity index (χ0) is 11.0. The fourth-order valence-corrected chi connectivity index (χ4v) is 3.99. The average Bonchev–Trinajstić information content (AvgIpc) is 2.57. The Labute approximate surface area is 101 Å². The first kappa shape index (κ1) is 10.7. The molecule has 0 saturated heterocycles. The van der Waals surface area contributed by atoms with E-state index in [2.05, 4.69) is 17.7 Å². The number of thiazole rings is 1. The number of nitrogens with zero attached hydrogens (tertiary/aromatic N) is 1. The Morgan fingerprint density at radius 1 is 1.44 bits per heavy atom. The summed E-state index contributed by atoms with van der Waals surface area (Å²) in [6.07, 6.45) is 8.15. The van der Waals surface area contributed by atoms with Crippen molar-refractivity contribution in [2.75, 3.05) is 13.6 Å². The van der Waals surface area contributed by atoms with Crippen molar-refractivity contribution in [1.29, 1.82) is 0 Å². The van der Waals surface area contributed by atoms with E-state index in [1.54, 1.807) is 0 Å². The van der Waals surface area contributed by atoms with Gasteiger partial charge in [0.05, 0.1) is 5.69 Å². The van der Waals surface area contributed by atoms with E-state index in [0.29, 0.717) is 5.41 Å². The molecule has 0 amide bonds. The lowest BCUT2D eigenvalue weighted by atomic mass is 9.69. The zero-order valence-electron chi connectivity index (χ0n) is 9.96. The predicted octanol–water partition coefficient (Wildman–Crippen LogP) is 3.05. The van der Waals surface area contributed by atoms with Crippen molar-refractivity contribution >= 4 is 11.3 Å². The highest BCUT2D eigenvalue weighted by Gasteiger charge is 2.41. The van der Waals surface area contributed by atoms with Gasteiger partial charge >= 0.3 is 0 Å². The van der Waals surface area contributed by atoms with Crippen LogP contribution in [0, 0.1) is 0 Å². The molecule has 88 valence electrons. The van der Waals surface area contributed by atoms with E-state index in [0.717, 1.165) is 12.5 Å². The van der Waals surface area contributed by atoms with E-state index in [1.807, 2.05) is 11.3 Å². The van der Waals surface area contributed by atoms with Gasteiger partial charge in [0.2, 0.25) is 0 Å². The van der Waals surface area contributed by atoms with Crippen LogP contribution in [0.4, 0.5) is 0 Å². The van der Waals surface area contributed by atoms with Crippen LogP contribution in [-0.4, -0.2) is 18.6 Å². The molecular formula is C13H20N2S. The Kier molecular flexibility index (Phi) is 2.76. The number of rotatable bonds is 4. The molecule has 3 rings (SSSR count). The summed E-state index contributed by atoms with van der Waals surface area (Å²) in [5.41, 5.74) is 1.77. The highest BCUT2D eigenvalue weighted by Crippen LogP contribution is 2.46. The monoisotopic (exact) mass is 236 g/mol. The fraction of sp³-hybridized carbons (Fsp3) is 0.769. The Morgan fingerprint density at radius 2 is 2.25 bits per heavy atom. The van der Waals surface area contributed by atoms with Crippen LogP contribution in [0.3, 0.4) is 0 Å². The van der Waals surface area contributed by atoms with E-state index in [1.165, 1.54) is 49.2 Å². The summed E-state index contributed by atoms with van der Waals surface area (Å²) in [4.78, 5) is 4.92. The molecule has 0 bridgehead atoms. The van der Waals surface area contributed by atoms with Gasteiger partial charge in [-0.3, -0.25) is 0 Å². The summed E-state index contributed by atoms with van der Waals surface area (Å²) in [5, 5.41) is 7.05. The third-order valence-electron chi connectivity index (χ3n) is 4.32. The Morgan fingerprint density at radius 3 is 2.75 bits per heavy atom. The van der Waals surface area contributed by atoms with E-state index in [4.69, 9.17) is 4.98 Å². The van der Waals surface area contributed by atoms with Gasteiger partial charge in [0.25, 0.3) is 0 Å². The van der Waals surface area contributed by atoms with Crippen molar-refractivity contribution in [3.05, 3.63) is 16.1 Å². The van der Waals surface area contributed by atoms with Gasteiger partial charge in [0.15, 0.2) is 0 Å². The quantitative estimate of drug-likeness (QED) is 0.869. The summed E-state index contributed by atoms with van der Waals surface area (Å²) >= 11 is 1.90. The van der Waals surface area contributed by atoms with E-state index in [9.17, 15) is 0 Å². The normalized spacial score (nSPS) is 23.8. The Bertz CT molecular complexity index is 364. The van der Waals surface area contributed by atoms with Crippen molar-refractivity contribution in [2.24, 2.45) is 0 Å². The SMILES string of the molecule is CNCC1(c2nc(C3CCC3)cs2)CCC1. The molecule has 2 fully saturated rings. The number of likely N-dealkylation sites (N-methyl/N-ethyl adjacent to an activating group) is 1. The summed E-state index contributed by atoms with van der Waals surface area (Å²) < 4.78 is 0. The number of aromatic nitrogens is 1. The molecule has 3 heteroatoms. The molecular weight excluding hydrogens is 216 g/mol. The number of nitrogens with one attached hydrogen (secondary N) is 1. The minimum Gasteiger partial charge on any atom is -0.319 e. The second kappa shape index (κ2) is 4.11. The number of hydrogen-bond donors (Lipinski definition) is 1. The molecule has 1 N–H and O–H groups in total. The molecule has 0 radical (unpaired) electrons. The van der Waals surface area contributed by atoms with Gasteiger partial charge in [0.1, 0.15) is 5.01 Å². The van der Waals surface area contributed by atoms with E-state index >= 15 is 0 Å². The van der Waals surface area contributed by atoms with Gasteiger partial charge in [-0.15, -0.1) is 11.3 Å². The maximum Gasteiger partial charge on any atom is 0.100 e. The lowest BCUT2D eigenvalue weighted by molar-refractivity contribution is 0.237. The van der Waals surface area contributed by atoms with Crippen LogP contribution in [0.1, 0.15) is 55.1 Å². The van der Waals surface area contributed by atoms with E-state index in [-0.39, 0.29) is 0 Å². The highest BCUT2D eigenvalue weighted by molar-refractivity contribution is 7.09. The van der Waals surface area contributed by atoms with Crippen LogP contribution in [-0.2, 0) is 5.41 Å². The summed E-state index contributed by atoms with van der Waals surface area (Å²) in [7, 11) is 2.06. The first-order chi connectivity index (χ1) is 7.84. The molecule has 0 unspecified atom stereocenters. The maximum atomic E-state index is 4.92. The van der Waals surface area contributed by atoms with Crippen molar-refractivity contribution in [3.63, 3.8) is 0 Å². The predicted molar refractivity (Wildman–Crippen MR) is 68.2 cm³/mol. The molecule has 2 nitrogen and oxygen atoms in total. The van der Waals surface area contributed by atoms with Crippen molar-refractivity contribution < 1.29 is 0 Å². The van der Waals surface area contributed by atoms with Crippen LogP contribution >= 0.6 is 11.3 Å². The first-order valence-corrected chi connectivity index (χ1v) is 7.32. The second-order valence-corrected chi connectivity index (χ2v) is 6.23. The zero-order valence-corrected chi connectivity index (χ0v) is 10.8. The number of hydrogen-bond acceptors (Lipinski definition) is 3. The van der Waals surface area contributed by atoms with Crippen molar-refractivity contribution in [1.82, 2.24) is 10.3 Å². The lowest BCUT2D eigenvalue weighted by Gasteiger charge is -2.40. The molecule has 1 aromatic rings. The molecule has 0 aromatic carbocycles. The average molecular weight is 236 g/mol. The lowest BCUT2D eigenvalue weighted by Crippen LogP contribution is -2.42. The molecule has 1 aromatic heterocycles. The third-order valence-corrected chi connectivity index (χ3v) is 5.43. The molecule has 0 aliphatic heterocycles. The highest BCUT2D eigenvalue weighted by atomic mass is 32.1. The minimum atomic E-state index is 0.390. The van der Waals surface area contributed by atoms with Crippen LogP contribution in [0.15, 0.2) is 5.38 Å². The van der Waals surface area contributed by atoms with Gasteiger partial charge < -0.3 is 5.32 Å². The molecule has 0 spiro atoms. The fourth-order valence-electron chi connectivity index (χ4n) is 2.83. The first-order valence-electron chi connectivity index (χ1n) is 6.45. The third kappa shape index (κ3) is 1.61. The Hall–Kier alpha value is -0.410.